The molecule has 1 unspecified atom stereocenters. The second-order valence-corrected chi connectivity index (χ2v) is 4.56. The van der Waals surface area contributed by atoms with Crippen LogP contribution in [0.1, 0.15) is 43.0 Å². The van der Waals surface area contributed by atoms with E-state index in [9.17, 15) is 4.79 Å². The molecule has 0 spiro atoms. The van der Waals surface area contributed by atoms with Gasteiger partial charge in [-0.15, -0.1) is 0 Å². The van der Waals surface area contributed by atoms with E-state index in [-0.39, 0.29) is 5.91 Å². The van der Waals surface area contributed by atoms with Crippen molar-refractivity contribution in [3.8, 4) is 0 Å². The van der Waals surface area contributed by atoms with Gasteiger partial charge in [-0.1, -0.05) is 6.92 Å². The molecule has 0 saturated heterocycles. The SMILES string of the molecule is CC1CCCC(=NNC(=O)c2cccnc2)C1. The minimum absolute atomic E-state index is 0.191. The molecule has 2 rings (SSSR count). The lowest BCUT2D eigenvalue weighted by Gasteiger charge is -2.18. The monoisotopic (exact) mass is 231 g/mol. The van der Waals surface area contributed by atoms with Gasteiger partial charge in [0.05, 0.1) is 5.56 Å². The summed E-state index contributed by atoms with van der Waals surface area (Å²) in [6.45, 7) is 2.22. The number of aromatic nitrogens is 1. The highest BCUT2D eigenvalue weighted by Gasteiger charge is 2.14. The molecule has 1 fully saturated rings. The number of pyridine rings is 1. The summed E-state index contributed by atoms with van der Waals surface area (Å²) in [5.41, 5.74) is 4.24. The number of hydrogen-bond acceptors (Lipinski definition) is 3. The Labute approximate surface area is 101 Å². The van der Waals surface area contributed by atoms with E-state index in [1.165, 1.54) is 12.8 Å². The third-order valence-electron chi connectivity index (χ3n) is 2.99. The first-order valence-corrected chi connectivity index (χ1v) is 6.01. The number of amides is 1. The Balaban J connectivity index is 1.93. The number of carbonyl (C=O) groups is 1. The van der Waals surface area contributed by atoms with Gasteiger partial charge in [-0.2, -0.15) is 5.10 Å². The maximum Gasteiger partial charge on any atom is 0.272 e. The van der Waals surface area contributed by atoms with Crippen molar-refractivity contribution in [2.75, 3.05) is 0 Å². The minimum Gasteiger partial charge on any atom is -0.267 e. The van der Waals surface area contributed by atoms with E-state index in [4.69, 9.17) is 0 Å². The molecule has 4 heteroatoms. The zero-order chi connectivity index (χ0) is 12.1. The van der Waals surface area contributed by atoms with E-state index in [2.05, 4.69) is 22.4 Å². The summed E-state index contributed by atoms with van der Waals surface area (Å²) in [5, 5.41) is 4.20. The highest BCUT2D eigenvalue weighted by atomic mass is 16.2. The molecular formula is C13H17N3O. The fourth-order valence-corrected chi connectivity index (χ4v) is 2.05. The summed E-state index contributed by atoms with van der Waals surface area (Å²) in [7, 11) is 0. The van der Waals surface area contributed by atoms with Crippen LogP contribution < -0.4 is 5.43 Å². The van der Waals surface area contributed by atoms with Gasteiger partial charge in [0.25, 0.3) is 5.91 Å². The average Bonchev–Trinajstić information content (AvgIpc) is 2.37. The lowest BCUT2D eigenvalue weighted by Crippen LogP contribution is -2.22. The average molecular weight is 231 g/mol. The lowest BCUT2D eigenvalue weighted by atomic mass is 9.89. The summed E-state index contributed by atoms with van der Waals surface area (Å²) in [6, 6.07) is 3.47. The summed E-state index contributed by atoms with van der Waals surface area (Å²) in [4.78, 5) is 15.6. The number of nitrogens with zero attached hydrogens (tertiary/aromatic N) is 2. The highest BCUT2D eigenvalue weighted by molar-refractivity contribution is 5.95. The van der Waals surface area contributed by atoms with Crippen LogP contribution in [0.5, 0.6) is 0 Å². The fourth-order valence-electron chi connectivity index (χ4n) is 2.05. The molecule has 1 aliphatic rings. The van der Waals surface area contributed by atoms with Crippen molar-refractivity contribution in [3.05, 3.63) is 30.1 Å². The number of rotatable bonds is 2. The smallest absolute Gasteiger partial charge is 0.267 e. The molecule has 4 nitrogen and oxygen atoms in total. The van der Waals surface area contributed by atoms with Crippen molar-refractivity contribution >= 4 is 11.6 Å². The number of carbonyl (C=O) groups excluding carboxylic acids is 1. The Kier molecular flexibility index (Phi) is 3.85. The predicted octanol–water partition coefficient (Wildman–Crippen LogP) is 2.38. The van der Waals surface area contributed by atoms with E-state index >= 15 is 0 Å². The van der Waals surface area contributed by atoms with Crippen LogP contribution in [-0.4, -0.2) is 16.6 Å². The maximum atomic E-state index is 11.7. The number of hydrogen-bond donors (Lipinski definition) is 1. The molecule has 90 valence electrons. The number of hydrazone groups is 1. The molecule has 17 heavy (non-hydrogen) atoms. The van der Waals surface area contributed by atoms with Gasteiger partial charge in [-0.25, -0.2) is 5.43 Å². The van der Waals surface area contributed by atoms with Crippen LogP contribution in [0.25, 0.3) is 0 Å². The van der Waals surface area contributed by atoms with Crippen LogP contribution in [0.15, 0.2) is 29.6 Å². The summed E-state index contributed by atoms with van der Waals surface area (Å²) in [5.74, 6) is 0.488. The Morgan fingerprint density at radius 1 is 1.59 bits per heavy atom. The Bertz CT molecular complexity index is 414. The molecule has 0 radical (unpaired) electrons. The van der Waals surface area contributed by atoms with Gasteiger partial charge < -0.3 is 0 Å². The van der Waals surface area contributed by atoms with E-state index in [1.54, 1.807) is 24.5 Å². The van der Waals surface area contributed by atoms with Crippen molar-refractivity contribution in [1.29, 1.82) is 0 Å². The van der Waals surface area contributed by atoms with Crippen LogP contribution >= 0.6 is 0 Å². The van der Waals surface area contributed by atoms with Gasteiger partial charge in [0.15, 0.2) is 0 Å². The second kappa shape index (κ2) is 5.57. The Morgan fingerprint density at radius 3 is 3.18 bits per heavy atom. The summed E-state index contributed by atoms with van der Waals surface area (Å²) in [6.07, 6.45) is 7.60. The zero-order valence-corrected chi connectivity index (χ0v) is 10.0. The van der Waals surface area contributed by atoms with E-state index < -0.39 is 0 Å². The molecule has 1 amide bonds. The van der Waals surface area contributed by atoms with Crippen molar-refractivity contribution in [3.63, 3.8) is 0 Å². The van der Waals surface area contributed by atoms with Crippen LogP contribution in [-0.2, 0) is 0 Å². The van der Waals surface area contributed by atoms with E-state index in [0.29, 0.717) is 11.5 Å². The molecule has 1 aliphatic carbocycles. The number of nitrogens with one attached hydrogen (secondary N) is 1. The first-order chi connectivity index (χ1) is 8.25. The fraction of sp³-hybridized carbons (Fsp3) is 0.462. The molecule has 1 aromatic rings. The van der Waals surface area contributed by atoms with E-state index in [1.807, 2.05) is 0 Å². The minimum atomic E-state index is -0.191. The third kappa shape index (κ3) is 3.37. The molecule has 1 atom stereocenters. The Hall–Kier alpha value is -1.71. The third-order valence-corrected chi connectivity index (χ3v) is 2.99. The van der Waals surface area contributed by atoms with Gasteiger partial charge in [-0.05, 0) is 43.7 Å². The van der Waals surface area contributed by atoms with Crippen LogP contribution in [0.3, 0.4) is 0 Å². The molecule has 1 heterocycles. The molecule has 1 N–H and O–H groups in total. The van der Waals surface area contributed by atoms with Crippen molar-refractivity contribution < 1.29 is 4.79 Å². The maximum absolute atomic E-state index is 11.7. The van der Waals surface area contributed by atoms with Gasteiger partial charge in [0, 0.05) is 18.1 Å². The topological polar surface area (TPSA) is 54.4 Å². The van der Waals surface area contributed by atoms with Gasteiger partial charge >= 0.3 is 0 Å². The molecule has 0 aliphatic heterocycles. The Morgan fingerprint density at radius 2 is 2.47 bits per heavy atom. The zero-order valence-electron chi connectivity index (χ0n) is 10.0. The second-order valence-electron chi connectivity index (χ2n) is 4.56. The molecule has 1 saturated carbocycles. The molecular weight excluding hydrogens is 214 g/mol. The van der Waals surface area contributed by atoms with Gasteiger partial charge in [0.2, 0.25) is 0 Å². The molecule has 0 aromatic carbocycles. The lowest BCUT2D eigenvalue weighted by molar-refractivity contribution is 0.0954. The van der Waals surface area contributed by atoms with Crippen molar-refractivity contribution in [2.24, 2.45) is 11.0 Å². The van der Waals surface area contributed by atoms with Crippen molar-refractivity contribution in [1.82, 2.24) is 10.4 Å². The molecule has 1 aromatic heterocycles. The standard InChI is InChI=1S/C13H17N3O/c1-10-4-2-6-12(8-10)15-16-13(17)11-5-3-7-14-9-11/h3,5,7,9-10H,2,4,6,8H2,1H3,(H,16,17). The van der Waals surface area contributed by atoms with Crippen LogP contribution in [0, 0.1) is 5.92 Å². The highest BCUT2D eigenvalue weighted by Crippen LogP contribution is 2.20. The van der Waals surface area contributed by atoms with Crippen molar-refractivity contribution in [2.45, 2.75) is 32.6 Å². The first kappa shape index (κ1) is 11.8. The first-order valence-electron chi connectivity index (χ1n) is 6.01. The predicted molar refractivity (Wildman–Crippen MR) is 66.8 cm³/mol. The normalized spacial score (nSPS) is 22.4. The summed E-state index contributed by atoms with van der Waals surface area (Å²) < 4.78 is 0. The van der Waals surface area contributed by atoms with Crippen LogP contribution in [0.2, 0.25) is 0 Å². The molecule has 0 bridgehead atoms. The summed E-state index contributed by atoms with van der Waals surface area (Å²) >= 11 is 0. The largest absolute Gasteiger partial charge is 0.272 e. The quantitative estimate of drug-likeness (QED) is 0.794. The van der Waals surface area contributed by atoms with E-state index in [0.717, 1.165) is 18.6 Å². The van der Waals surface area contributed by atoms with Crippen LogP contribution in [0.4, 0.5) is 0 Å². The van der Waals surface area contributed by atoms with Gasteiger partial charge in [-0.3, -0.25) is 9.78 Å². The van der Waals surface area contributed by atoms with Gasteiger partial charge in [0.1, 0.15) is 0 Å².